The molecule has 0 saturated carbocycles. The average Bonchev–Trinajstić information content (AvgIpc) is 2.79. The highest BCUT2D eigenvalue weighted by atomic mass is 16.4. The van der Waals surface area contributed by atoms with Crippen LogP contribution in [0.4, 0.5) is 5.69 Å². The van der Waals surface area contributed by atoms with Crippen molar-refractivity contribution in [2.45, 2.75) is 66.2 Å². The van der Waals surface area contributed by atoms with Crippen molar-refractivity contribution in [2.75, 3.05) is 11.9 Å². The van der Waals surface area contributed by atoms with E-state index < -0.39 is 0 Å². The lowest BCUT2D eigenvalue weighted by Gasteiger charge is -2.27. The van der Waals surface area contributed by atoms with Gasteiger partial charge in [0.15, 0.2) is 0 Å². The molecule has 178 valence electrons. The lowest BCUT2D eigenvalue weighted by molar-refractivity contribution is 0.334. The minimum atomic E-state index is -0.359. The lowest BCUT2D eigenvalue weighted by Crippen LogP contribution is -2.21. The van der Waals surface area contributed by atoms with Gasteiger partial charge in [-0.05, 0) is 60.3 Å². The zero-order chi connectivity index (χ0) is 23.8. The van der Waals surface area contributed by atoms with Gasteiger partial charge in [0.25, 0.3) is 0 Å². The number of hydrogen-bond acceptors (Lipinski definition) is 4. The molecule has 1 aromatic heterocycles. The Morgan fingerprint density at radius 2 is 1.76 bits per heavy atom. The van der Waals surface area contributed by atoms with Crippen molar-refractivity contribution < 1.29 is 9.52 Å². The van der Waals surface area contributed by atoms with Crippen LogP contribution in [0.15, 0.2) is 74.7 Å². The molecule has 4 nitrogen and oxygen atoms in total. The fourth-order valence-electron chi connectivity index (χ4n) is 4.36. The largest absolute Gasteiger partial charge is 0.512 e. The SMILES string of the molecule is CC(C)CCCC1=C(O)CC(CCC(C)C)C(CNc2ccc(-c3ccccc3)oc2=O)=C1. The van der Waals surface area contributed by atoms with Crippen molar-refractivity contribution in [1.82, 2.24) is 0 Å². The highest BCUT2D eigenvalue weighted by Crippen LogP contribution is 2.34. The Labute approximate surface area is 198 Å². The third-order valence-corrected chi connectivity index (χ3v) is 6.38. The first-order valence-electron chi connectivity index (χ1n) is 12.4. The maximum absolute atomic E-state index is 12.6. The van der Waals surface area contributed by atoms with Gasteiger partial charge in [0, 0.05) is 18.5 Å². The lowest BCUT2D eigenvalue weighted by atomic mass is 9.81. The second-order valence-corrected chi connectivity index (χ2v) is 10.1. The molecule has 0 amide bonds. The summed E-state index contributed by atoms with van der Waals surface area (Å²) in [6, 6.07) is 13.3. The van der Waals surface area contributed by atoms with Crippen LogP contribution in [0, 0.1) is 17.8 Å². The summed E-state index contributed by atoms with van der Waals surface area (Å²) in [7, 11) is 0. The van der Waals surface area contributed by atoms with Crippen LogP contribution in [0.3, 0.4) is 0 Å². The quantitative estimate of drug-likeness (QED) is 0.368. The molecule has 0 saturated heterocycles. The predicted molar refractivity (Wildman–Crippen MR) is 138 cm³/mol. The van der Waals surface area contributed by atoms with E-state index >= 15 is 0 Å². The molecular formula is C29H39NO3. The van der Waals surface area contributed by atoms with Gasteiger partial charge < -0.3 is 14.8 Å². The van der Waals surface area contributed by atoms with E-state index in [4.69, 9.17) is 4.42 Å². The summed E-state index contributed by atoms with van der Waals surface area (Å²) < 4.78 is 5.57. The minimum Gasteiger partial charge on any atom is -0.512 e. The Bertz CT molecular complexity index is 1010. The number of anilines is 1. The van der Waals surface area contributed by atoms with Gasteiger partial charge in [-0.2, -0.15) is 0 Å². The van der Waals surface area contributed by atoms with E-state index in [0.29, 0.717) is 47.9 Å². The van der Waals surface area contributed by atoms with Crippen molar-refractivity contribution in [1.29, 1.82) is 0 Å². The van der Waals surface area contributed by atoms with E-state index in [9.17, 15) is 9.90 Å². The highest BCUT2D eigenvalue weighted by molar-refractivity contribution is 5.58. The van der Waals surface area contributed by atoms with E-state index in [1.807, 2.05) is 36.4 Å². The van der Waals surface area contributed by atoms with Crippen molar-refractivity contribution in [3.63, 3.8) is 0 Å². The second kappa shape index (κ2) is 11.9. The number of nitrogens with one attached hydrogen (secondary N) is 1. The summed E-state index contributed by atoms with van der Waals surface area (Å²) in [6.45, 7) is 9.51. The van der Waals surface area contributed by atoms with Gasteiger partial charge in [-0.25, -0.2) is 4.79 Å². The molecule has 0 bridgehead atoms. The summed E-state index contributed by atoms with van der Waals surface area (Å²) in [6.07, 6.45) is 8.16. The third-order valence-electron chi connectivity index (χ3n) is 6.38. The molecule has 0 fully saturated rings. The molecule has 0 spiro atoms. The number of hydrogen-bond donors (Lipinski definition) is 2. The van der Waals surface area contributed by atoms with Crippen LogP contribution < -0.4 is 10.9 Å². The second-order valence-electron chi connectivity index (χ2n) is 10.1. The number of aliphatic hydroxyl groups excluding tert-OH is 1. The van der Waals surface area contributed by atoms with Crippen LogP contribution in [0.2, 0.25) is 0 Å². The van der Waals surface area contributed by atoms with Gasteiger partial charge in [-0.15, -0.1) is 0 Å². The molecule has 1 aliphatic rings. The van der Waals surface area contributed by atoms with Crippen LogP contribution in [-0.4, -0.2) is 11.7 Å². The van der Waals surface area contributed by atoms with Gasteiger partial charge >= 0.3 is 5.63 Å². The normalized spacial score (nSPS) is 16.4. The fourth-order valence-corrected chi connectivity index (χ4v) is 4.36. The highest BCUT2D eigenvalue weighted by Gasteiger charge is 2.23. The van der Waals surface area contributed by atoms with Crippen molar-refractivity contribution >= 4 is 5.69 Å². The number of allylic oxidation sites excluding steroid dienone is 3. The zero-order valence-electron chi connectivity index (χ0n) is 20.6. The van der Waals surface area contributed by atoms with Crippen LogP contribution >= 0.6 is 0 Å². The first-order chi connectivity index (χ1) is 15.8. The molecule has 0 aliphatic heterocycles. The predicted octanol–water partition coefficient (Wildman–Crippen LogP) is 7.74. The molecule has 1 unspecified atom stereocenters. The summed E-state index contributed by atoms with van der Waals surface area (Å²) in [5.41, 5.74) is 3.32. The molecule has 33 heavy (non-hydrogen) atoms. The first kappa shape index (κ1) is 24.9. The van der Waals surface area contributed by atoms with E-state index in [1.165, 1.54) is 5.57 Å². The Balaban J connectivity index is 1.73. The van der Waals surface area contributed by atoms with Crippen LogP contribution in [0.1, 0.15) is 66.2 Å². The molecule has 1 aliphatic carbocycles. The van der Waals surface area contributed by atoms with E-state index in [-0.39, 0.29) is 5.63 Å². The summed E-state index contributed by atoms with van der Waals surface area (Å²) in [4.78, 5) is 12.6. The molecule has 3 rings (SSSR count). The number of aliphatic hydroxyl groups is 1. The molecule has 0 radical (unpaired) electrons. The van der Waals surface area contributed by atoms with Gasteiger partial charge in [-0.1, -0.05) is 76.9 Å². The molecule has 2 N–H and O–H groups in total. The summed E-state index contributed by atoms with van der Waals surface area (Å²) >= 11 is 0. The summed E-state index contributed by atoms with van der Waals surface area (Å²) in [5, 5.41) is 14.0. The van der Waals surface area contributed by atoms with Gasteiger partial charge in [0.05, 0.1) is 5.76 Å². The Hall–Kier alpha value is -2.75. The Morgan fingerprint density at radius 1 is 1.03 bits per heavy atom. The minimum absolute atomic E-state index is 0.296. The smallest absolute Gasteiger partial charge is 0.359 e. The number of benzene rings is 1. The van der Waals surface area contributed by atoms with E-state index in [0.717, 1.165) is 43.2 Å². The van der Waals surface area contributed by atoms with Gasteiger partial charge in [-0.3, -0.25) is 0 Å². The number of rotatable bonds is 11. The molecule has 4 heteroatoms. The van der Waals surface area contributed by atoms with E-state index in [2.05, 4.69) is 39.1 Å². The Kier molecular flexibility index (Phi) is 8.99. The maximum Gasteiger partial charge on any atom is 0.359 e. The maximum atomic E-state index is 12.6. The zero-order valence-corrected chi connectivity index (χ0v) is 20.6. The molecule has 1 aromatic carbocycles. The summed E-state index contributed by atoms with van der Waals surface area (Å²) in [5.74, 6) is 2.69. The Morgan fingerprint density at radius 3 is 2.42 bits per heavy atom. The van der Waals surface area contributed by atoms with Crippen LogP contribution in [0.5, 0.6) is 0 Å². The van der Waals surface area contributed by atoms with Crippen molar-refractivity contribution in [2.24, 2.45) is 17.8 Å². The van der Waals surface area contributed by atoms with E-state index in [1.54, 1.807) is 6.07 Å². The van der Waals surface area contributed by atoms with Crippen LogP contribution in [0.25, 0.3) is 11.3 Å². The molecule has 2 aromatic rings. The first-order valence-corrected chi connectivity index (χ1v) is 12.4. The van der Waals surface area contributed by atoms with Crippen molar-refractivity contribution in [3.8, 4) is 11.3 Å². The monoisotopic (exact) mass is 449 g/mol. The third kappa shape index (κ3) is 7.38. The fraction of sp³-hybridized carbons (Fsp3) is 0.483. The van der Waals surface area contributed by atoms with Gasteiger partial charge in [0.2, 0.25) is 0 Å². The molecular weight excluding hydrogens is 410 g/mol. The average molecular weight is 450 g/mol. The molecule has 1 atom stereocenters. The standard InChI is InChI=1S/C29H39NO3/c1-20(2)9-8-12-24-17-25(23(18-27(24)31)14-13-21(3)4)19-30-26-15-16-28(33-29(26)32)22-10-6-5-7-11-22/h5-7,10-11,15-17,20-21,23,30-31H,8-9,12-14,18-19H2,1-4H3. The molecule has 1 heterocycles. The topological polar surface area (TPSA) is 62.5 Å². The van der Waals surface area contributed by atoms with Crippen LogP contribution in [-0.2, 0) is 0 Å². The van der Waals surface area contributed by atoms with Crippen molar-refractivity contribution in [3.05, 3.63) is 75.9 Å². The van der Waals surface area contributed by atoms with Gasteiger partial charge in [0.1, 0.15) is 11.4 Å².